The first-order valence-electron chi connectivity index (χ1n) is 6.09. The Kier molecular flexibility index (Phi) is 5.17. The van der Waals surface area contributed by atoms with Crippen molar-refractivity contribution in [1.29, 1.82) is 0 Å². The standard InChI is InChI=1S/C13H20N4O2/c1-8(2)17-12(18)7-16-11-6-9(14)4-5-10(11)13(19)15-3/h4-6,8,16H,7,14H2,1-3H3,(H,15,19)(H,17,18). The van der Waals surface area contributed by atoms with Gasteiger partial charge in [-0.2, -0.15) is 0 Å². The molecular formula is C13H20N4O2. The molecule has 6 nitrogen and oxygen atoms in total. The van der Waals surface area contributed by atoms with Crippen molar-refractivity contribution in [2.75, 3.05) is 24.6 Å². The van der Waals surface area contributed by atoms with E-state index in [4.69, 9.17) is 5.73 Å². The Morgan fingerprint density at radius 3 is 2.58 bits per heavy atom. The molecule has 0 bridgehead atoms. The Labute approximate surface area is 112 Å². The fourth-order valence-corrected chi connectivity index (χ4v) is 1.59. The molecule has 1 aromatic carbocycles. The van der Waals surface area contributed by atoms with Crippen LogP contribution in [0.4, 0.5) is 11.4 Å². The van der Waals surface area contributed by atoms with Gasteiger partial charge in [-0.1, -0.05) is 0 Å². The molecule has 1 aromatic rings. The van der Waals surface area contributed by atoms with Gasteiger partial charge in [0.2, 0.25) is 5.91 Å². The SMILES string of the molecule is CNC(=O)c1ccc(N)cc1NCC(=O)NC(C)C. The number of nitrogen functional groups attached to an aromatic ring is 1. The van der Waals surface area contributed by atoms with E-state index in [1.165, 1.54) is 0 Å². The summed E-state index contributed by atoms with van der Waals surface area (Å²) in [7, 11) is 1.55. The molecule has 0 atom stereocenters. The fourth-order valence-electron chi connectivity index (χ4n) is 1.59. The molecule has 0 fully saturated rings. The maximum atomic E-state index is 11.7. The van der Waals surface area contributed by atoms with E-state index >= 15 is 0 Å². The maximum absolute atomic E-state index is 11.7. The maximum Gasteiger partial charge on any atom is 0.253 e. The van der Waals surface area contributed by atoms with E-state index in [1.54, 1.807) is 25.2 Å². The Balaban J connectivity index is 2.79. The second-order valence-corrected chi connectivity index (χ2v) is 4.46. The van der Waals surface area contributed by atoms with Gasteiger partial charge < -0.3 is 21.7 Å². The molecule has 5 N–H and O–H groups in total. The zero-order chi connectivity index (χ0) is 14.4. The molecule has 0 heterocycles. The number of amides is 2. The smallest absolute Gasteiger partial charge is 0.253 e. The summed E-state index contributed by atoms with van der Waals surface area (Å²) in [6, 6.07) is 4.97. The van der Waals surface area contributed by atoms with Gasteiger partial charge in [0, 0.05) is 24.5 Å². The number of rotatable bonds is 5. The predicted molar refractivity (Wildman–Crippen MR) is 76.0 cm³/mol. The number of nitrogens with one attached hydrogen (secondary N) is 3. The van der Waals surface area contributed by atoms with Crippen molar-refractivity contribution in [3.63, 3.8) is 0 Å². The summed E-state index contributed by atoms with van der Waals surface area (Å²) in [5.41, 5.74) is 7.20. The summed E-state index contributed by atoms with van der Waals surface area (Å²) in [4.78, 5) is 23.2. The zero-order valence-electron chi connectivity index (χ0n) is 11.4. The number of benzene rings is 1. The van der Waals surface area contributed by atoms with E-state index in [-0.39, 0.29) is 24.4 Å². The van der Waals surface area contributed by atoms with E-state index in [1.807, 2.05) is 13.8 Å². The van der Waals surface area contributed by atoms with Crippen LogP contribution in [0.1, 0.15) is 24.2 Å². The molecule has 0 saturated heterocycles. The number of nitrogens with two attached hydrogens (primary N) is 1. The number of hydrogen-bond donors (Lipinski definition) is 4. The number of carbonyl (C=O) groups is 2. The quantitative estimate of drug-likeness (QED) is 0.584. The normalized spacial score (nSPS) is 10.1. The first-order valence-corrected chi connectivity index (χ1v) is 6.09. The van der Waals surface area contributed by atoms with Crippen molar-refractivity contribution < 1.29 is 9.59 Å². The van der Waals surface area contributed by atoms with Crippen LogP contribution in [0.2, 0.25) is 0 Å². The van der Waals surface area contributed by atoms with Crippen LogP contribution in [0.15, 0.2) is 18.2 Å². The van der Waals surface area contributed by atoms with Crippen LogP contribution >= 0.6 is 0 Å². The number of hydrogen-bond acceptors (Lipinski definition) is 4. The lowest BCUT2D eigenvalue weighted by Gasteiger charge is -2.13. The summed E-state index contributed by atoms with van der Waals surface area (Å²) in [5, 5.41) is 8.22. The highest BCUT2D eigenvalue weighted by Crippen LogP contribution is 2.18. The van der Waals surface area contributed by atoms with Crippen molar-refractivity contribution in [3.05, 3.63) is 23.8 Å². The summed E-state index contributed by atoms with van der Waals surface area (Å²) in [6.45, 7) is 3.86. The highest BCUT2D eigenvalue weighted by Gasteiger charge is 2.11. The van der Waals surface area contributed by atoms with Gasteiger partial charge in [0.25, 0.3) is 5.91 Å². The molecule has 6 heteroatoms. The van der Waals surface area contributed by atoms with E-state index in [0.29, 0.717) is 16.9 Å². The molecular weight excluding hydrogens is 244 g/mol. The number of anilines is 2. The topological polar surface area (TPSA) is 96.2 Å². The van der Waals surface area contributed by atoms with Gasteiger partial charge in [-0.15, -0.1) is 0 Å². The molecule has 0 aliphatic rings. The second-order valence-electron chi connectivity index (χ2n) is 4.46. The van der Waals surface area contributed by atoms with E-state index in [2.05, 4.69) is 16.0 Å². The molecule has 0 spiro atoms. The zero-order valence-corrected chi connectivity index (χ0v) is 11.4. The first kappa shape index (κ1) is 14.8. The van der Waals surface area contributed by atoms with Crippen LogP contribution in [0.25, 0.3) is 0 Å². The molecule has 2 amide bonds. The lowest BCUT2D eigenvalue weighted by atomic mass is 10.1. The molecule has 0 aliphatic heterocycles. The van der Waals surface area contributed by atoms with Crippen molar-refractivity contribution in [2.24, 2.45) is 0 Å². The molecule has 0 radical (unpaired) electrons. The Bertz CT molecular complexity index is 472. The third-order valence-electron chi connectivity index (χ3n) is 2.40. The molecule has 104 valence electrons. The molecule has 0 aliphatic carbocycles. The van der Waals surface area contributed by atoms with Crippen molar-refractivity contribution in [3.8, 4) is 0 Å². The molecule has 0 unspecified atom stereocenters. The van der Waals surface area contributed by atoms with Gasteiger partial charge in [0.1, 0.15) is 0 Å². The largest absolute Gasteiger partial charge is 0.399 e. The highest BCUT2D eigenvalue weighted by molar-refractivity contribution is 6.00. The van der Waals surface area contributed by atoms with Gasteiger partial charge in [-0.25, -0.2) is 0 Å². The minimum absolute atomic E-state index is 0.0774. The molecule has 19 heavy (non-hydrogen) atoms. The lowest BCUT2D eigenvalue weighted by Crippen LogP contribution is -2.35. The minimum Gasteiger partial charge on any atom is -0.399 e. The van der Waals surface area contributed by atoms with Crippen LogP contribution < -0.4 is 21.7 Å². The van der Waals surface area contributed by atoms with Crippen molar-refractivity contribution in [2.45, 2.75) is 19.9 Å². The Morgan fingerprint density at radius 1 is 1.32 bits per heavy atom. The van der Waals surface area contributed by atoms with Gasteiger partial charge in [0.05, 0.1) is 12.1 Å². The summed E-state index contributed by atoms with van der Waals surface area (Å²) in [5.74, 6) is -0.368. The third kappa shape index (κ3) is 4.50. The monoisotopic (exact) mass is 264 g/mol. The van der Waals surface area contributed by atoms with Crippen LogP contribution in [0.5, 0.6) is 0 Å². The average Bonchev–Trinajstić information content (AvgIpc) is 2.34. The van der Waals surface area contributed by atoms with Crippen molar-refractivity contribution in [1.82, 2.24) is 10.6 Å². The number of carbonyl (C=O) groups excluding carboxylic acids is 2. The summed E-state index contributed by atoms with van der Waals surface area (Å²) < 4.78 is 0. The van der Waals surface area contributed by atoms with E-state index < -0.39 is 0 Å². The predicted octanol–water partition coefficient (Wildman–Crippen LogP) is 0.565. The van der Waals surface area contributed by atoms with Crippen LogP contribution in [-0.4, -0.2) is 31.4 Å². The summed E-state index contributed by atoms with van der Waals surface area (Å²) in [6.07, 6.45) is 0. The molecule has 0 aromatic heterocycles. The lowest BCUT2D eigenvalue weighted by molar-refractivity contribution is -0.119. The molecule has 0 saturated carbocycles. The van der Waals surface area contributed by atoms with Gasteiger partial charge >= 0.3 is 0 Å². The Hall–Kier alpha value is -2.24. The van der Waals surface area contributed by atoms with Gasteiger partial charge in [0.15, 0.2) is 0 Å². The van der Waals surface area contributed by atoms with E-state index in [0.717, 1.165) is 0 Å². The van der Waals surface area contributed by atoms with E-state index in [9.17, 15) is 9.59 Å². The van der Waals surface area contributed by atoms with Gasteiger partial charge in [-0.05, 0) is 32.0 Å². The van der Waals surface area contributed by atoms with Gasteiger partial charge in [-0.3, -0.25) is 9.59 Å². The minimum atomic E-state index is -0.230. The van der Waals surface area contributed by atoms with Crippen LogP contribution in [-0.2, 0) is 4.79 Å². The molecule has 1 rings (SSSR count). The van der Waals surface area contributed by atoms with Crippen LogP contribution in [0.3, 0.4) is 0 Å². The highest BCUT2D eigenvalue weighted by atomic mass is 16.2. The van der Waals surface area contributed by atoms with Crippen LogP contribution in [0, 0.1) is 0 Å². The fraction of sp³-hybridized carbons (Fsp3) is 0.385. The second kappa shape index (κ2) is 6.63. The Morgan fingerprint density at radius 2 is 2.00 bits per heavy atom. The first-order chi connectivity index (χ1) is 8.93. The van der Waals surface area contributed by atoms with Crippen molar-refractivity contribution >= 4 is 23.2 Å². The summed E-state index contributed by atoms with van der Waals surface area (Å²) >= 11 is 0. The third-order valence-corrected chi connectivity index (χ3v) is 2.40. The average molecular weight is 264 g/mol.